The van der Waals surface area contributed by atoms with Gasteiger partial charge in [-0.05, 0) is 69.6 Å². The summed E-state index contributed by atoms with van der Waals surface area (Å²) in [6, 6.07) is 9.79. The van der Waals surface area contributed by atoms with Gasteiger partial charge in [-0.2, -0.15) is 0 Å². The lowest BCUT2D eigenvalue weighted by Crippen LogP contribution is -2.37. The Bertz CT molecular complexity index is 956. The number of aliphatic hydroxyl groups is 1. The van der Waals surface area contributed by atoms with Crippen molar-refractivity contribution in [2.24, 2.45) is 0 Å². The van der Waals surface area contributed by atoms with Gasteiger partial charge in [0.05, 0.1) is 24.0 Å². The van der Waals surface area contributed by atoms with Gasteiger partial charge in [0, 0.05) is 13.1 Å². The van der Waals surface area contributed by atoms with E-state index in [0.29, 0.717) is 18.8 Å². The summed E-state index contributed by atoms with van der Waals surface area (Å²) in [5.74, 6) is -0.705. The first-order valence-corrected chi connectivity index (χ1v) is 10.8. The van der Waals surface area contributed by atoms with Gasteiger partial charge in [0.15, 0.2) is 11.5 Å². The molecule has 0 radical (unpaired) electrons. The first-order valence-electron chi connectivity index (χ1n) is 10.8. The number of rotatable bonds is 8. The maximum Gasteiger partial charge on any atom is 0.290 e. The number of hydrogen-bond donors (Lipinski definition) is 1. The van der Waals surface area contributed by atoms with Crippen LogP contribution in [-0.2, 0) is 4.79 Å². The summed E-state index contributed by atoms with van der Waals surface area (Å²) in [6.07, 6.45) is 3.75. The fourth-order valence-corrected chi connectivity index (χ4v) is 4.26. The number of aliphatic hydroxyl groups excluding tert-OH is 1. The first-order chi connectivity index (χ1) is 15.0. The topological polar surface area (TPSA) is 83.2 Å². The lowest BCUT2D eigenvalue weighted by molar-refractivity contribution is -0.129. The molecule has 7 nitrogen and oxygen atoms in total. The highest BCUT2D eigenvalue weighted by molar-refractivity contribution is 6.15. The van der Waals surface area contributed by atoms with Crippen molar-refractivity contribution in [3.05, 3.63) is 65.3 Å². The Morgan fingerprint density at radius 1 is 1.16 bits per heavy atom. The number of ether oxygens (including phenoxy) is 1. The minimum atomic E-state index is -0.680. The molecule has 1 fully saturated rings. The van der Waals surface area contributed by atoms with Crippen LogP contribution in [0, 0.1) is 0 Å². The van der Waals surface area contributed by atoms with E-state index in [9.17, 15) is 14.7 Å². The molecule has 7 heteroatoms. The molecule has 164 valence electrons. The Labute approximate surface area is 181 Å². The SMILES string of the molecule is CC(C)Oc1ccc(C2C(C(=O)c3ccco3)=C(O)C(=O)N2CCN2CCCC2)cc1. The zero-order valence-corrected chi connectivity index (χ0v) is 17.9. The van der Waals surface area contributed by atoms with E-state index >= 15 is 0 Å². The van der Waals surface area contributed by atoms with Crippen LogP contribution in [0.1, 0.15) is 48.8 Å². The number of nitrogens with zero attached hydrogens (tertiary/aromatic N) is 2. The number of ketones is 1. The number of likely N-dealkylation sites (tertiary alicyclic amines) is 1. The van der Waals surface area contributed by atoms with Gasteiger partial charge in [-0.15, -0.1) is 0 Å². The summed E-state index contributed by atoms with van der Waals surface area (Å²) in [5, 5.41) is 10.7. The highest BCUT2D eigenvalue weighted by Gasteiger charge is 2.44. The minimum absolute atomic E-state index is 0.0379. The normalized spacial score (nSPS) is 19.6. The van der Waals surface area contributed by atoms with Gasteiger partial charge in [-0.1, -0.05) is 12.1 Å². The van der Waals surface area contributed by atoms with Gasteiger partial charge in [0.2, 0.25) is 5.78 Å². The summed E-state index contributed by atoms with van der Waals surface area (Å²) in [5.41, 5.74) is 0.795. The molecule has 0 bridgehead atoms. The van der Waals surface area contributed by atoms with Crippen molar-refractivity contribution < 1.29 is 23.8 Å². The Balaban J connectivity index is 1.66. The molecule has 0 spiro atoms. The smallest absolute Gasteiger partial charge is 0.290 e. The number of amides is 1. The van der Waals surface area contributed by atoms with Crippen LogP contribution >= 0.6 is 0 Å². The third-order valence-electron chi connectivity index (χ3n) is 5.72. The van der Waals surface area contributed by atoms with Crippen LogP contribution in [0.2, 0.25) is 0 Å². The predicted molar refractivity (Wildman–Crippen MR) is 115 cm³/mol. The van der Waals surface area contributed by atoms with Gasteiger partial charge >= 0.3 is 0 Å². The zero-order valence-electron chi connectivity index (χ0n) is 17.9. The van der Waals surface area contributed by atoms with E-state index in [4.69, 9.17) is 9.15 Å². The average molecular weight is 424 g/mol. The largest absolute Gasteiger partial charge is 0.503 e. The van der Waals surface area contributed by atoms with E-state index in [1.807, 2.05) is 38.1 Å². The molecule has 1 saturated heterocycles. The fourth-order valence-electron chi connectivity index (χ4n) is 4.26. The molecule has 31 heavy (non-hydrogen) atoms. The molecular formula is C24H28N2O5. The maximum atomic E-state index is 13.1. The molecule has 2 aliphatic rings. The van der Waals surface area contributed by atoms with E-state index < -0.39 is 23.5 Å². The average Bonchev–Trinajstić information content (AvgIpc) is 3.50. The third-order valence-corrected chi connectivity index (χ3v) is 5.72. The van der Waals surface area contributed by atoms with E-state index in [2.05, 4.69) is 4.90 Å². The van der Waals surface area contributed by atoms with Crippen LogP contribution in [-0.4, -0.2) is 58.9 Å². The van der Waals surface area contributed by atoms with E-state index in [0.717, 1.165) is 31.5 Å². The Hall–Kier alpha value is -3.06. The van der Waals surface area contributed by atoms with Crippen molar-refractivity contribution in [2.75, 3.05) is 26.2 Å². The summed E-state index contributed by atoms with van der Waals surface area (Å²) in [4.78, 5) is 30.0. The number of benzene rings is 1. The molecule has 1 N–H and O–H groups in total. The van der Waals surface area contributed by atoms with Gasteiger partial charge in [0.1, 0.15) is 5.75 Å². The molecule has 1 unspecified atom stereocenters. The highest BCUT2D eigenvalue weighted by atomic mass is 16.5. The molecule has 0 aliphatic carbocycles. The lowest BCUT2D eigenvalue weighted by Gasteiger charge is -2.28. The van der Waals surface area contributed by atoms with E-state index in [-0.39, 0.29) is 17.4 Å². The van der Waals surface area contributed by atoms with Gasteiger partial charge in [-0.3, -0.25) is 9.59 Å². The van der Waals surface area contributed by atoms with Gasteiger partial charge in [-0.25, -0.2) is 0 Å². The molecule has 2 aliphatic heterocycles. The molecule has 1 aromatic heterocycles. The van der Waals surface area contributed by atoms with Crippen molar-refractivity contribution in [1.82, 2.24) is 9.80 Å². The Morgan fingerprint density at radius 3 is 2.48 bits per heavy atom. The van der Waals surface area contributed by atoms with E-state index in [1.165, 1.54) is 12.3 Å². The first kappa shape index (κ1) is 21.2. The van der Waals surface area contributed by atoms with E-state index in [1.54, 1.807) is 11.0 Å². The van der Waals surface area contributed by atoms with Crippen molar-refractivity contribution in [3.8, 4) is 5.75 Å². The van der Waals surface area contributed by atoms with Crippen molar-refractivity contribution >= 4 is 11.7 Å². The second kappa shape index (κ2) is 8.98. The number of carbonyl (C=O) groups excluding carboxylic acids is 2. The second-order valence-electron chi connectivity index (χ2n) is 8.25. The summed E-state index contributed by atoms with van der Waals surface area (Å²) in [7, 11) is 0. The molecule has 1 amide bonds. The highest BCUT2D eigenvalue weighted by Crippen LogP contribution is 2.39. The van der Waals surface area contributed by atoms with Crippen molar-refractivity contribution in [3.63, 3.8) is 0 Å². The quantitative estimate of drug-likeness (QED) is 0.650. The standard InChI is InChI=1S/C24H28N2O5/c1-16(2)31-18-9-7-17(8-10-18)21-20(22(27)19-6-5-15-30-19)23(28)24(29)26(21)14-13-25-11-3-4-12-25/h5-10,15-16,21,28H,3-4,11-14H2,1-2H3. The summed E-state index contributed by atoms with van der Waals surface area (Å²) >= 11 is 0. The molecule has 1 atom stereocenters. The molecular weight excluding hydrogens is 396 g/mol. The monoisotopic (exact) mass is 424 g/mol. The number of hydrogen-bond acceptors (Lipinski definition) is 6. The minimum Gasteiger partial charge on any atom is -0.503 e. The summed E-state index contributed by atoms with van der Waals surface area (Å²) in [6.45, 7) is 7.03. The zero-order chi connectivity index (χ0) is 22.0. The molecule has 1 aromatic carbocycles. The molecule has 0 saturated carbocycles. The fraction of sp³-hybridized carbons (Fsp3) is 0.417. The third kappa shape index (κ3) is 4.37. The van der Waals surface area contributed by atoms with Crippen molar-refractivity contribution in [1.29, 1.82) is 0 Å². The van der Waals surface area contributed by atoms with Crippen LogP contribution in [0.3, 0.4) is 0 Å². The van der Waals surface area contributed by atoms with Crippen molar-refractivity contribution in [2.45, 2.75) is 38.8 Å². The Morgan fingerprint density at radius 2 is 1.87 bits per heavy atom. The van der Waals surface area contributed by atoms with Gasteiger partial charge in [0.25, 0.3) is 5.91 Å². The lowest BCUT2D eigenvalue weighted by atomic mass is 9.95. The molecule has 4 rings (SSSR count). The predicted octanol–water partition coefficient (Wildman–Crippen LogP) is 3.74. The van der Waals surface area contributed by atoms with Crippen LogP contribution in [0.4, 0.5) is 0 Å². The Kier molecular flexibility index (Phi) is 6.13. The van der Waals surface area contributed by atoms with Crippen LogP contribution < -0.4 is 4.74 Å². The number of furan rings is 1. The maximum absolute atomic E-state index is 13.1. The second-order valence-corrected chi connectivity index (χ2v) is 8.25. The van der Waals surface area contributed by atoms with Crippen LogP contribution in [0.15, 0.2) is 58.4 Å². The summed E-state index contributed by atoms with van der Waals surface area (Å²) < 4.78 is 11.0. The number of Topliss-reactive ketones (excluding diaryl/α,β-unsaturated/α-hetero) is 1. The molecule has 2 aromatic rings. The van der Waals surface area contributed by atoms with Gasteiger partial charge < -0.3 is 24.1 Å². The van der Waals surface area contributed by atoms with Crippen LogP contribution in [0.5, 0.6) is 5.75 Å². The van der Waals surface area contributed by atoms with Crippen LogP contribution in [0.25, 0.3) is 0 Å². The number of carbonyl (C=O) groups is 2. The molecule has 3 heterocycles.